The van der Waals surface area contributed by atoms with Gasteiger partial charge in [0.05, 0.1) is 11.8 Å². The van der Waals surface area contributed by atoms with Gasteiger partial charge in [0.1, 0.15) is 0 Å². The summed E-state index contributed by atoms with van der Waals surface area (Å²) >= 11 is 0. The van der Waals surface area contributed by atoms with E-state index in [2.05, 4.69) is 12.0 Å². The van der Waals surface area contributed by atoms with Crippen LogP contribution in [0.3, 0.4) is 0 Å². The Hall–Kier alpha value is -1.77. The third-order valence-electron chi connectivity index (χ3n) is 2.90. The number of benzene rings is 1. The summed E-state index contributed by atoms with van der Waals surface area (Å²) in [5.74, 6) is 0.266. The van der Waals surface area contributed by atoms with Crippen molar-refractivity contribution in [3.05, 3.63) is 36.0 Å². The Morgan fingerprint density at radius 3 is 2.59 bits per heavy atom. The van der Waals surface area contributed by atoms with E-state index in [9.17, 15) is 5.11 Å². The second kappa shape index (κ2) is 5.04. The van der Waals surface area contributed by atoms with Crippen LogP contribution >= 0.6 is 0 Å². The topological polar surface area (TPSA) is 38.0 Å². The standard InChI is InChI=1S/C14H18N2O/c1-3-4-9-16-14(17)13(10-15-16)12-7-5-11(2)6-8-12/h5-8,10,17H,3-4,9H2,1-2H3. The van der Waals surface area contributed by atoms with Crippen molar-refractivity contribution in [3.63, 3.8) is 0 Å². The van der Waals surface area contributed by atoms with E-state index in [0.29, 0.717) is 0 Å². The van der Waals surface area contributed by atoms with Gasteiger partial charge in [-0.3, -0.25) is 0 Å². The highest BCUT2D eigenvalue weighted by Crippen LogP contribution is 2.29. The van der Waals surface area contributed by atoms with Crippen molar-refractivity contribution in [1.82, 2.24) is 9.78 Å². The molecule has 90 valence electrons. The highest BCUT2D eigenvalue weighted by atomic mass is 16.3. The van der Waals surface area contributed by atoms with E-state index < -0.39 is 0 Å². The lowest BCUT2D eigenvalue weighted by atomic mass is 10.1. The second-order valence-electron chi connectivity index (χ2n) is 4.32. The molecule has 1 aromatic carbocycles. The Morgan fingerprint density at radius 1 is 1.24 bits per heavy atom. The molecule has 0 radical (unpaired) electrons. The highest BCUT2D eigenvalue weighted by molar-refractivity contribution is 5.67. The minimum absolute atomic E-state index is 0.266. The first-order valence-corrected chi connectivity index (χ1v) is 6.04. The van der Waals surface area contributed by atoms with Crippen molar-refractivity contribution in [2.24, 2.45) is 0 Å². The molecule has 2 rings (SSSR count). The fourth-order valence-electron chi connectivity index (χ4n) is 1.79. The highest BCUT2D eigenvalue weighted by Gasteiger charge is 2.10. The van der Waals surface area contributed by atoms with Crippen molar-refractivity contribution in [1.29, 1.82) is 0 Å². The van der Waals surface area contributed by atoms with Gasteiger partial charge in [-0.15, -0.1) is 0 Å². The smallest absolute Gasteiger partial charge is 0.217 e. The number of hydrogen-bond donors (Lipinski definition) is 1. The van der Waals surface area contributed by atoms with Crippen LogP contribution in [0, 0.1) is 6.92 Å². The predicted molar refractivity (Wildman–Crippen MR) is 69.0 cm³/mol. The van der Waals surface area contributed by atoms with Crippen LogP contribution in [0.5, 0.6) is 5.88 Å². The summed E-state index contributed by atoms with van der Waals surface area (Å²) in [4.78, 5) is 0. The average molecular weight is 230 g/mol. The monoisotopic (exact) mass is 230 g/mol. The maximum Gasteiger partial charge on any atom is 0.217 e. The van der Waals surface area contributed by atoms with Gasteiger partial charge in [-0.05, 0) is 18.9 Å². The molecular formula is C14H18N2O. The Balaban J connectivity index is 2.27. The number of aryl methyl sites for hydroxylation is 2. The summed E-state index contributed by atoms with van der Waals surface area (Å²) in [6.07, 6.45) is 3.86. The van der Waals surface area contributed by atoms with Gasteiger partial charge in [0, 0.05) is 6.54 Å². The molecule has 0 atom stereocenters. The van der Waals surface area contributed by atoms with Gasteiger partial charge in [0.25, 0.3) is 0 Å². The number of hydrogen-bond acceptors (Lipinski definition) is 2. The van der Waals surface area contributed by atoms with Crippen LogP contribution in [0.2, 0.25) is 0 Å². The van der Waals surface area contributed by atoms with E-state index >= 15 is 0 Å². The molecule has 1 N–H and O–H groups in total. The molecule has 0 fully saturated rings. The molecule has 2 aromatic rings. The van der Waals surface area contributed by atoms with Gasteiger partial charge in [-0.1, -0.05) is 43.2 Å². The van der Waals surface area contributed by atoms with Crippen molar-refractivity contribution in [2.75, 3.05) is 0 Å². The lowest BCUT2D eigenvalue weighted by Crippen LogP contribution is -1.98. The average Bonchev–Trinajstić information content (AvgIpc) is 2.69. The Bertz CT molecular complexity index is 485. The molecule has 0 bridgehead atoms. The molecule has 0 unspecified atom stereocenters. The summed E-state index contributed by atoms with van der Waals surface area (Å²) < 4.78 is 1.67. The summed E-state index contributed by atoms with van der Waals surface area (Å²) in [6, 6.07) is 8.10. The third kappa shape index (κ3) is 2.49. The van der Waals surface area contributed by atoms with Crippen LogP contribution in [-0.4, -0.2) is 14.9 Å². The maximum absolute atomic E-state index is 10.1. The van der Waals surface area contributed by atoms with E-state index in [1.165, 1.54) is 5.56 Å². The number of nitrogens with zero attached hydrogens (tertiary/aromatic N) is 2. The quantitative estimate of drug-likeness (QED) is 0.874. The van der Waals surface area contributed by atoms with E-state index in [-0.39, 0.29) is 5.88 Å². The van der Waals surface area contributed by atoms with Gasteiger partial charge >= 0.3 is 0 Å². The first-order valence-electron chi connectivity index (χ1n) is 6.04. The molecule has 0 aliphatic heterocycles. The molecule has 0 aliphatic rings. The van der Waals surface area contributed by atoms with Crippen LogP contribution in [0.1, 0.15) is 25.3 Å². The number of aromatic nitrogens is 2. The summed E-state index contributed by atoms with van der Waals surface area (Å²) in [5, 5.41) is 14.3. The molecule has 17 heavy (non-hydrogen) atoms. The summed E-state index contributed by atoms with van der Waals surface area (Å²) in [6.45, 7) is 4.95. The first-order chi connectivity index (χ1) is 8.22. The Labute approximate surface area is 102 Å². The zero-order chi connectivity index (χ0) is 12.3. The van der Waals surface area contributed by atoms with Crippen molar-refractivity contribution in [3.8, 4) is 17.0 Å². The Kier molecular flexibility index (Phi) is 3.47. The van der Waals surface area contributed by atoms with Gasteiger partial charge in [0.2, 0.25) is 5.88 Å². The molecule has 0 spiro atoms. The molecular weight excluding hydrogens is 212 g/mol. The lowest BCUT2D eigenvalue weighted by Gasteiger charge is -2.03. The molecule has 3 nitrogen and oxygen atoms in total. The summed E-state index contributed by atoms with van der Waals surface area (Å²) in [5.41, 5.74) is 3.03. The van der Waals surface area contributed by atoms with Gasteiger partial charge in [-0.25, -0.2) is 4.68 Å². The zero-order valence-corrected chi connectivity index (χ0v) is 10.3. The molecule has 0 saturated heterocycles. The van der Waals surface area contributed by atoms with Crippen LogP contribution in [0.25, 0.3) is 11.1 Å². The van der Waals surface area contributed by atoms with Crippen molar-refractivity contribution >= 4 is 0 Å². The second-order valence-corrected chi connectivity index (χ2v) is 4.32. The number of unbranched alkanes of at least 4 members (excludes halogenated alkanes) is 1. The fourth-order valence-corrected chi connectivity index (χ4v) is 1.79. The number of rotatable bonds is 4. The van der Waals surface area contributed by atoms with E-state index in [1.54, 1.807) is 10.9 Å². The maximum atomic E-state index is 10.1. The first kappa shape index (κ1) is 11.7. The lowest BCUT2D eigenvalue weighted by molar-refractivity contribution is 0.395. The molecule has 0 amide bonds. The fraction of sp³-hybridized carbons (Fsp3) is 0.357. The molecule has 1 heterocycles. The van der Waals surface area contributed by atoms with Crippen molar-refractivity contribution < 1.29 is 5.11 Å². The van der Waals surface area contributed by atoms with Crippen molar-refractivity contribution in [2.45, 2.75) is 33.2 Å². The van der Waals surface area contributed by atoms with E-state index in [4.69, 9.17) is 0 Å². The van der Waals surface area contributed by atoms with Crippen LogP contribution in [0.4, 0.5) is 0 Å². The normalized spacial score (nSPS) is 10.7. The van der Waals surface area contributed by atoms with Gasteiger partial charge < -0.3 is 5.11 Å². The van der Waals surface area contributed by atoms with E-state index in [1.807, 2.05) is 31.2 Å². The molecule has 1 aromatic heterocycles. The molecule has 3 heteroatoms. The zero-order valence-electron chi connectivity index (χ0n) is 10.3. The largest absolute Gasteiger partial charge is 0.493 e. The minimum atomic E-state index is 0.266. The molecule has 0 aliphatic carbocycles. The summed E-state index contributed by atoms with van der Waals surface area (Å²) in [7, 11) is 0. The minimum Gasteiger partial charge on any atom is -0.493 e. The third-order valence-corrected chi connectivity index (χ3v) is 2.90. The SMILES string of the molecule is CCCCn1ncc(-c2ccc(C)cc2)c1O. The van der Waals surface area contributed by atoms with Crippen LogP contribution in [0.15, 0.2) is 30.5 Å². The van der Waals surface area contributed by atoms with Crippen LogP contribution < -0.4 is 0 Å². The Morgan fingerprint density at radius 2 is 1.94 bits per heavy atom. The van der Waals surface area contributed by atoms with Crippen LogP contribution in [-0.2, 0) is 6.54 Å². The van der Waals surface area contributed by atoms with Gasteiger partial charge in [-0.2, -0.15) is 5.10 Å². The predicted octanol–water partition coefficient (Wildman–Crippen LogP) is 3.36. The van der Waals surface area contributed by atoms with E-state index in [0.717, 1.165) is 30.5 Å². The number of aromatic hydroxyl groups is 1. The van der Waals surface area contributed by atoms with Gasteiger partial charge in [0.15, 0.2) is 0 Å². The molecule has 0 saturated carbocycles.